The van der Waals surface area contributed by atoms with Crippen molar-refractivity contribution in [1.29, 1.82) is 0 Å². The molecule has 100 heavy (non-hydrogen) atoms. The Morgan fingerprint density at radius 2 is 0.740 bits per heavy atom. The third-order valence-corrected chi connectivity index (χ3v) is 21.1. The van der Waals surface area contributed by atoms with Crippen molar-refractivity contribution in [2.45, 2.75) is 199 Å². The number of thioether (sulfide) groups is 1. The van der Waals surface area contributed by atoms with Crippen LogP contribution in [0.4, 0.5) is 0 Å². The zero-order valence-electron chi connectivity index (χ0n) is 57.3. The largest absolute Gasteiger partial charge is 0.459 e. The maximum absolute atomic E-state index is 14.2. The summed E-state index contributed by atoms with van der Waals surface area (Å²) < 4.78 is 134. The number of benzene rings is 6. The molecular weight excluding hydrogens is 1300 g/mol. The predicted molar refractivity (Wildman–Crippen MR) is 364 cm³/mol. The Morgan fingerprint density at radius 3 is 1.17 bits per heavy atom. The van der Waals surface area contributed by atoms with Crippen LogP contribution in [-0.2, 0) is 116 Å². The van der Waals surface area contributed by atoms with Crippen molar-refractivity contribution in [3.63, 3.8) is 0 Å². The average molecular weight is 1400 g/mol. The Hall–Kier alpha value is -6.07. The van der Waals surface area contributed by atoms with Gasteiger partial charge in [-0.25, -0.2) is 9.59 Å². The van der Waals surface area contributed by atoms with E-state index < -0.39 is 126 Å². The summed E-state index contributed by atoms with van der Waals surface area (Å²) in [4.78, 5) is 28.1. The lowest BCUT2D eigenvalue weighted by Crippen LogP contribution is -2.77. The van der Waals surface area contributed by atoms with E-state index in [4.69, 9.17) is 90.0 Å². The second-order valence-corrected chi connectivity index (χ2v) is 27.4. The van der Waals surface area contributed by atoms with Crippen LogP contribution in [0.15, 0.2) is 182 Å². The first-order valence-corrected chi connectivity index (χ1v) is 35.9. The molecule has 6 aromatic rings. The first-order chi connectivity index (χ1) is 49.0. The van der Waals surface area contributed by atoms with Gasteiger partial charge in [0.2, 0.25) is 23.1 Å². The van der Waals surface area contributed by atoms with Crippen LogP contribution in [0.25, 0.3) is 0 Å². The number of hydrogen-bond donors (Lipinski definition) is 0. The summed E-state index contributed by atoms with van der Waals surface area (Å²) in [6.07, 6.45) is -11.3. The van der Waals surface area contributed by atoms with Gasteiger partial charge in [0.25, 0.3) is 0 Å². The molecule has 22 heteroatoms. The topological polar surface area (TPSA) is 210 Å². The van der Waals surface area contributed by atoms with Crippen LogP contribution in [0, 0.1) is 0 Å². The van der Waals surface area contributed by atoms with Gasteiger partial charge in [-0.05, 0) is 78.0 Å². The van der Waals surface area contributed by atoms with Crippen LogP contribution in [-0.4, -0.2) is 180 Å². The van der Waals surface area contributed by atoms with E-state index in [0.29, 0.717) is 55.4 Å². The zero-order chi connectivity index (χ0) is 68.9. The van der Waals surface area contributed by atoms with Gasteiger partial charge in [-0.2, -0.15) is 0 Å². The molecule has 6 aromatic carbocycles. The van der Waals surface area contributed by atoms with E-state index >= 15 is 0 Å². The first kappa shape index (κ1) is 72.3. The van der Waals surface area contributed by atoms with Gasteiger partial charge in [0.15, 0.2) is 12.6 Å². The Morgan fingerprint density at radius 1 is 0.390 bits per heavy atom. The van der Waals surface area contributed by atoms with Crippen LogP contribution in [0.1, 0.15) is 101 Å². The summed E-state index contributed by atoms with van der Waals surface area (Å²) in [5.74, 6) is -6.55. The Labute approximate surface area is 589 Å². The van der Waals surface area contributed by atoms with Crippen LogP contribution in [0.2, 0.25) is 0 Å². The molecular formula is C78H92O21S. The molecule has 2 saturated carbocycles. The highest BCUT2D eigenvalue weighted by molar-refractivity contribution is 7.99. The molecule has 7 aliphatic rings. The van der Waals surface area contributed by atoms with E-state index in [0.717, 1.165) is 35.1 Å². The van der Waals surface area contributed by atoms with Crippen molar-refractivity contribution < 1.29 is 99.6 Å². The van der Waals surface area contributed by atoms with E-state index in [-0.39, 0.29) is 46.2 Å². The number of hydrogen-bond acceptors (Lipinski definition) is 22. The molecule has 536 valence electrons. The average Bonchev–Trinajstić information content (AvgIpc) is 0.719. The molecule has 0 bridgehead atoms. The Bertz CT molecular complexity index is 3500. The summed E-state index contributed by atoms with van der Waals surface area (Å²) in [5.41, 5.74) is 3.44. The number of carbonyl (C=O) groups is 2. The van der Waals surface area contributed by atoms with Crippen LogP contribution in [0.5, 0.6) is 0 Å². The van der Waals surface area contributed by atoms with Gasteiger partial charge in [-0.3, -0.25) is 0 Å². The number of carbonyl (C=O) groups excluding carboxylic acids is 2. The molecule has 0 unspecified atom stereocenters. The van der Waals surface area contributed by atoms with E-state index in [1.165, 1.54) is 11.8 Å². The van der Waals surface area contributed by atoms with Crippen LogP contribution < -0.4 is 0 Å². The van der Waals surface area contributed by atoms with Gasteiger partial charge < -0.3 is 90.0 Å². The minimum atomic E-state index is -1.54. The molecule has 7 fully saturated rings. The maximum Gasteiger partial charge on any atom is 0.338 e. The van der Waals surface area contributed by atoms with Crippen molar-refractivity contribution in [2.24, 2.45) is 0 Å². The molecule has 13 rings (SSSR count). The van der Waals surface area contributed by atoms with Gasteiger partial charge in [0, 0.05) is 54.1 Å². The third-order valence-electron chi connectivity index (χ3n) is 20.0. The fraction of sp³-hybridized carbons (Fsp3) is 0.513. The van der Waals surface area contributed by atoms with Gasteiger partial charge in [0.05, 0.1) is 44.2 Å². The fourth-order valence-electron chi connectivity index (χ4n) is 15.0. The molecule has 0 spiro atoms. The Kier molecular flexibility index (Phi) is 24.3. The highest BCUT2D eigenvalue weighted by Crippen LogP contribution is 2.55. The maximum atomic E-state index is 14.2. The summed E-state index contributed by atoms with van der Waals surface area (Å²) in [5, 5.41) is 0. The SMILES string of the molecule is CCS[C@H]1O[C@H](COC(=O)c2ccccc2)[C@H]2O[C@@]3(OC)CCCC[C@]3(OC)O[C@@H]2[C@@H]1O[C@H]1O[C@H](COC(=O)c2ccccc2)[C@H]2O[C@@]3(OC)CCCC[C@]3(OC)O[C@@H]2[C@@H]1O[C@H]1O[C@H](COCc2ccccc2)[C@@H](OCc2ccccc2)[C@H](OCc2ccccc2)[C@@H]1OCc1ccccc1. The summed E-state index contributed by atoms with van der Waals surface area (Å²) in [6, 6.07) is 57.0. The zero-order valence-corrected chi connectivity index (χ0v) is 58.1. The number of rotatable bonds is 29. The number of esters is 2. The van der Waals surface area contributed by atoms with E-state index in [1.807, 2.05) is 140 Å². The van der Waals surface area contributed by atoms with Gasteiger partial charge in [-0.15, -0.1) is 11.8 Å². The molecule has 0 N–H and O–H groups in total. The first-order valence-electron chi connectivity index (χ1n) is 34.9. The fourth-order valence-corrected chi connectivity index (χ4v) is 15.9. The molecule has 19 atom stereocenters. The normalized spacial score (nSPS) is 34.0. The lowest BCUT2D eigenvalue weighted by Gasteiger charge is -2.62. The van der Waals surface area contributed by atoms with Crippen LogP contribution in [0.3, 0.4) is 0 Å². The van der Waals surface area contributed by atoms with Crippen molar-refractivity contribution in [3.8, 4) is 0 Å². The quantitative estimate of drug-likeness (QED) is 0.0400. The van der Waals surface area contributed by atoms with Gasteiger partial charge in [0.1, 0.15) is 91.9 Å². The van der Waals surface area contributed by atoms with Crippen molar-refractivity contribution in [3.05, 3.63) is 215 Å². The van der Waals surface area contributed by atoms with Gasteiger partial charge >= 0.3 is 11.9 Å². The standard InChI is InChI=1S/C78H92O21S/c1-6-100-74-69(66-63(60(93-74)51-90-71(80)57-39-23-12-24-40-57)97-76(82-3)42-26-28-44-78(76,84-5)99-66)95-73-68(65-62(59(92-73)50-89-70(79)56-37-21-11-22-38-56)96-75(81-2)41-25-27-43-77(75,83-4)98-65)94-72-67(88-48-55-35-19-10-20-36-55)64(87-47-54-33-17-9-18-34-54)61(86-46-53-31-15-8-16-32-53)58(91-72)49-85-45-52-29-13-7-14-30-52/h7-24,29-40,58-69,72-74H,6,25-28,41-51H2,1-5H3/t58-,59-,60-,61-,62-,63-,64+,65+,66+,67+,68+,69+,72-,73-,74-,75+,76+,77+,78+/m1/s1. The Balaban J connectivity index is 0.943. The minimum Gasteiger partial charge on any atom is -0.459 e. The minimum absolute atomic E-state index is 0.0113. The lowest BCUT2D eigenvalue weighted by atomic mass is 9.83. The number of fused-ring (bicyclic) bond motifs is 4. The molecule has 0 amide bonds. The second kappa shape index (κ2) is 33.6. The summed E-state index contributed by atoms with van der Waals surface area (Å²) >= 11 is 1.45. The van der Waals surface area contributed by atoms with Crippen molar-refractivity contribution >= 4 is 23.7 Å². The highest BCUT2D eigenvalue weighted by atomic mass is 32.2. The molecule has 5 heterocycles. The third kappa shape index (κ3) is 15.7. The molecule has 5 saturated heterocycles. The van der Waals surface area contributed by atoms with E-state index in [1.54, 1.807) is 77.0 Å². The van der Waals surface area contributed by atoms with Crippen LogP contribution >= 0.6 is 11.8 Å². The predicted octanol–water partition coefficient (Wildman–Crippen LogP) is 11.5. The summed E-state index contributed by atoms with van der Waals surface area (Å²) in [6.45, 7) is 2.10. The van der Waals surface area contributed by atoms with Gasteiger partial charge in [-0.1, -0.05) is 165 Å². The van der Waals surface area contributed by atoms with E-state index in [2.05, 4.69) is 0 Å². The number of methoxy groups -OCH3 is 4. The monoisotopic (exact) mass is 1400 g/mol. The second-order valence-electron chi connectivity index (χ2n) is 26.1. The molecule has 0 radical (unpaired) electrons. The molecule has 21 nitrogen and oxygen atoms in total. The smallest absolute Gasteiger partial charge is 0.338 e. The molecule has 0 aromatic heterocycles. The highest BCUT2D eigenvalue weighted by Gasteiger charge is 2.71. The van der Waals surface area contributed by atoms with Crippen molar-refractivity contribution in [2.75, 3.05) is 54.0 Å². The summed E-state index contributed by atoms with van der Waals surface area (Å²) in [7, 11) is 6.29. The molecule has 5 aliphatic heterocycles. The van der Waals surface area contributed by atoms with E-state index in [9.17, 15) is 9.59 Å². The molecule has 2 aliphatic carbocycles. The number of ether oxygens (including phenoxy) is 19. The van der Waals surface area contributed by atoms with Crippen molar-refractivity contribution in [1.82, 2.24) is 0 Å². The lowest BCUT2D eigenvalue weighted by molar-refractivity contribution is -0.510.